The van der Waals surface area contributed by atoms with Gasteiger partial charge in [-0.3, -0.25) is 0 Å². The van der Waals surface area contributed by atoms with Crippen LogP contribution >= 0.6 is 0 Å². The van der Waals surface area contributed by atoms with E-state index in [9.17, 15) is 4.39 Å². The van der Waals surface area contributed by atoms with Gasteiger partial charge in [-0.2, -0.15) is 0 Å². The molecule has 1 N–H and O–H groups in total. The Kier molecular flexibility index (Phi) is 3.98. The predicted molar refractivity (Wildman–Crippen MR) is 74.4 cm³/mol. The molecule has 0 heterocycles. The van der Waals surface area contributed by atoms with Gasteiger partial charge in [-0.25, -0.2) is 4.39 Å². The second-order valence-corrected chi connectivity index (χ2v) is 4.75. The van der Waals surface area contributed by atoms with Crippen LogP contribution in [0, 0.1) is 12.7 Å². The van der Waals surface area contributed by atoms with Crippen LogP contribution in [0.25, 0.3) is 0 Å². The Morgan fingerprint density at radius 1 is 1.11 bits per heavy atom. The van der Waals surface area contributed by atoms with Crippen LogP contribution in [0.15, 0.2) is 48.5 Å². The zero-order chi connectivity index (χ0) is 13.0. The quantitative estimate of drug-likeness (QED) is 0.849. The fraction of sp³-hybridized carbons (Fsp3) is 0.250. The zero-order valence-corrected chi connectivity index (χ0v) is 10.8. The van der Waals surface area contributed by atoms with Gasteiger partial charge in [0.1, 0.15) is 5.82 Å². The maximum atomic E-state index is 12.8. The van der Waals surface area contributed by atoms with Crippen LogP contribution in [-0.4, -0.2) is 6.04 Å². The number of nitrogens with one attached hydrogen (secondary N) is 1. The van der Waals surface area contributed by atoms with Crippen LogP contribution in [-0.2, 0) is 6.42 Å². The van der Waals surface area contributed by atoms with Crippen molar-refractivity contribution >= 4 is 5.69 Å². The van der Waals surface area contributed by atoms with Crippen LogP contribution in [0.4, 0.5) is 10.1 Å². The SMILES string of the molecule is Cc1cccc(CC(C)Nc2ccc(F)cc2)c1. The van der Waals surface area contributed by atoms with Gasteiger partial charge in [-0.15, -0.1) is 0 Å². The molecular formula is C16H18FN. The average Bonchev–Trinajstić information content (AvgIpc) is 2.32. The van der Waals surface area contributed by atoms with Gasteiger partial charge >= 0.3 is 0 Å². The third-order valence-corrected chi connectivity index (χ3v) is 2.88. The van der Waals surface area contributed by atoms with Crippen LogP contribution < -0.4 is 5.32 Å². The van der Waals surface area contributed by atoms with Crippen molar-refractivity contribution in [2.24, 2.45) is 0 Å². The molecule has 0 radical (unpaired) electrons. The Balaban J connectivity index is 1.96. The summed E-state index contributed by atoms with van der Waals surface area (Å²) in [5.74, 6) is -0.202. The molecule has 0 aromatic heterocycles. The Labute approximate surface area is 108 Å². The van der Waals surface area contributed by atoms with Gasteiger partial charge in [0.25, 0.3) is 0 Å². The molecule has 2 aromatic carbocycles. The first kappa shape index (κ1) is 12.6. The smallest absolute Gasteiger partial charge is 0.123 e. The first-order chi connectivity index (χ1) is 8.63. The Bertz CT molecular complexity index is 505. The highest BCUT2D eigenvalue weighted by Gasteiger charge is 2.04. The van der Waals surface area contributed by atoms with Crippen molar-refractivity contribution in [1.82, 2.24) is 0 Å². The molecular weight excluding hydrogens is 225 g/mol. The lowest BCUT2D eigenvalue weighted by atomic mass is 10.0. The first-order valence-electron chi connectivity index (χ1n) is 6.21. The number of benzene rings is 2. The van der Waals surface area contributed by atoms with Gasteiger partial charge in [-0.1, -0.05) is 29.8 Å². The Morgan fingerprint density at radius 3 is 2.50 bits per heavy atom. The fourth-order valence-electron chi connectivity index (χ4n) is 2.07. The van der Waals surface area contributed by atoms with Crippen LogP contribution in [0.3, 0.4) is 0 Å². The van der Waals surface area contributed by atoms with E-state index in [2.05, 4.69) is 43.4 Å². The van der Waals surface area contributed by atoms with E-state index < -0.39 is 0 Å². The van der Waals surface area contributed by atoms with Crippen LogP contribution in [0.2, 0.25) is 0 Å². The molecule has 0 saturated carbocycles. The standard InChI is InChI=1S/C16H18FN/c1-12-4-3-5-14(10-12)11-13(2)18-16-8-6-15(17)7-9-16/h3-10,13,18H,11H2,1-2H3. The second-order valence-electron chi connectivity index (χ2n) is 4.75. The molecule has 0 aliphatic heterocycles. The first-order valence-corrected chi connectivity index (χ1v) is 6.21. The summed E-state index contributed by atoms with van der Waals surface area (Å²) in [4.78, 5) is 0. The molecule has 0 aliphatic carbocycles. The zero-order valence-electron chi connectivity index (χ0n) is 10.8. The summed E-state index contributed by atoms with van der Waals surface area (Å²) in [5.41, 5.74) is 3.55. The summed E-state index contributed by atoms with van der Waals surface area (Å²) in [5, 5.41) is 3.37. The Hall–Kier alpha value is -1.83. The third-order valence-electron chi connectivity index (χ3n) is 2.88. The van der Waals surface area contributed by atoms with Crippen molar-refractivity contribution in [1.29, 1.82) is 0 Å². The minimum atomic E-state index is -0.202. The van der Waals surface area contributed by atoms with E-state index in [-0.39, 0.29) is 5.82 Å². The number of anilines is 1. The van der Waals surface area contributed by atoms with E-state index in [0.717, 1.165) is 12.1 Å². The molecule has 0 spiro atoms. The molecule has 0 fully saturated rings. The minimum Gasteiger partial charge on any atom is -0.382 e. The highest BCUT2D eigenvalue weighted by Crippen LogP contribution is 2.13. The van der Waals surface area contributed by atoms with E-state index in [1.165, 1.54) is 23.3 Å². The maximum absolute atomic E-state index is 12.8. The van der Waals surface area contributed by atoms with Gasteiger partial charge in [0.2, 0.25) is 0 Å². The largest absolute Gasteiger partial charge is 0.382 e. The van der Waals surface area contributed by atoms with Gasteiger partial charge in [0.05, 0.1) is 0 Å². The lowest BCUT2D eigenvalue weighted by molar-refractivity contribution is 0.628. The third kappa shape index (κ3) is 3.59. The van der Waals surface area contributed by atoms with Gasteiger partial charge < -0.3 is 5.32 Å². The molecule has 0 bridgehead atoms. The fourth-order valence-corrected chi connectivity index (χ4v) is 2.07. The van der Waals surface area contributed by atoms with E-state index in [1.54, 1.807) is 12.1 Å². The van der Waals surface area contributed by atoms with E-state index in [1.807, 2.05) is 0 Å². The predicted octanol–water partition coefficient (Wildman–Crippen LogP) is 4.18. The molecule has 0 saturated heterocycles. The normalized spacial score (nSPS) is 12.2. The summed E-state index contributed by atoms with van der Waals surface area (Å²) < 4.78 is 12.8. The number of hydrogen-bond acceptors (Lipinski definition) is 1. The van der Waals surface area contributed by atoms with Gasteiger partial charge in [0.15, 0.2) is 0 Å². The molecule has 1 unspecified atom stereocenters. The molecule has 18 heavy (non-hydrogen) atoms. The van der Waals surface area contributed by atoms with E-state index in [0.29, 0.717) is 6.04 Å². The minimum absolute atomic E-state index is 0.202. The Morgan fingerprint density at radius 2 is 1.83 bits per heavy atom. The monoisotopic (exact) mass is 243 g/mol. The van der Waals surface area contributed by atoms with Crippen molar-refractivity contribution in [3.8, 4) is 0 Å². The topological polar surface area (TPSA) is 12.0 Å². The molecule has 1 atom stereocenters. The van der Waals surface area contributed by atoms with Gasteiger partial charge in [0, 0.05) is 11.7 Å². The summed E-state index contributed by atoms with van der Waals surface area (Å²) in [6, 6.07) is 15.3. The molecule has 2 heteroatoms. The van der Waals surface area contributed by atoms with Crippen molar-refractivity contribution in [3.05, 3.63) is 65.5 Å². The molecule has 2 rings (SSSR count). The summed E-state index contributed by atoms with van der Waals surface area (Å²) >= 11 is 0. The molecule has 0 amide bonds. The van der Waals surface area contributed by atoms with Crippen molar-refractivity contribution in [2.45, 2.75) is 26.3 Å². The number of hydrogen-bond donors (Lipinski definition) is 1. The van der Waals surface area contributed by atoms with E-state index >= 15 is 0 Å². The number of aryl methyl sites for hydroxylation is 1. The van der Waals surface area contributed by atoms with Gasteiger partial charge in [-0.05, 0) is 50.1 Å². The molecule has 0 aliphatic rings. The highest BCUT2D eigenvalue weighted by atomic mass is 19.1. The highest BCUT2D eigenvalue weighted by molar-refractivity contribution is 5.44. The lowest BCUT2D eigenvalue weighted by Crippen LogP contribution is -2.18. The number of rotatable bonds is 4. The van der Waals surface area contributed by atoms with Crippen molar-refractivity contribution in [3.63, 3.8) is 0 Å². The van der Waals surface area contributed by atoms with Crippen LogP contribution in [0.5, 0.6) is 0 Å². The van der Waals surface area contributed by atoms with Crippen molar-refractivity contribution < 1.29 is 4.39 Å². The molecule has 94 valence electrons. The maximum Gasteiger partial charge on any atom is 0.123 e. The summed E-state index contributed by atoms with van der Waals surface area (Å²) in [6.07, 6.45) is 0.957. The van der Waals surface area contributed by atoms with Crippen molar-refractivity contribution in [2.75, 3.05) is 5.32 Å². The molecule has 1 nitrogen and oxygen atoms in total. The number of halogens is 1. The summed E-state index contributed by atoms with van der Waals surface area (Å²) in [6.45, 7) is 4.23. The average molecular weight is 243 g/mol. The van der Waals surface area contributed by atoms with Crippen LogP contribution in [0.1, 0.15) is 18.1 Å². The lowest BCUT2D eigenvalue weighted by Gasteiger charge is -2.15. The molecule has 2 aromatic rings. The van der Waals surface area contributed by atoms with E-state index in [4.69, 9.17) is 0 Å². The summed E-state index contributed by atoms with van der Waals surface area (Å²) in [7, 11) is 0. The second kappa shape index (κ2) is 5.67.